The minimum atomic E-state index is -1.67. The highest BCUT2D eigenvalue weighted by Gasteiger charge is 2.34. The van der Waals surface area contributed by atoms with Crippen LogP contribution in [0.5, 0.6) is 17.2 Å². The van der Waals surface area contributed by atoms with Gasteiger partial charge in [-0.3, -0.25) is 4.79 Å². The quantitative estimate of drug-likeness (QED) is 0.593. The van der Waals surface area contributed by atoms with Gasteiger partial charge in [0.2, 0.25) is 5.91 Å². The minimum absolute atomic E-state index is 0.0711. The zero-order chi connectivity index (χ0) is 20.1. The van der Waals surface area contributed by atoms with E-state index in [-0.39, 0.29) is 18.2 Å². The first-order chi connectivity index (χ1) is 13.5. The summed E-state index contributed by atoms with van der Waals surface area (Å²) in [6.45, 7) is 0.396. The monoisotopic (exact) mass is 385 g/mol. The summed E-state index contributed by atoms with van der Waals surface area (Å²) in [5.41, 5.74) is 1.75. The average Bonchev–Trinajstić information content (AvgIpc) is 3.11. The minimum Gasteiger partial charge on any atom is -0.497 e. The van der Waals surface area contributed by atoms with Gasteiger partial charge >= 0.3 is 7.12 Å². The fraction of sp³-hybridized carbons (Fsp3) is 0.350. The van der Waals surface area contributed by atoms with Crippen molar-refractivity contribution in [1.29, 1.82) is 0 Å². The number of methoxy groups -OCH3 is 2. The molecule has 7 nitrogen and oxygen atoms in total. The third kappa shape index (κ3) is 4.58. The molecule has 8 heteroatoms. The lowest BCUT2D eigenvalue weighted by Crippen LogP contribution is -2.47. The Morgan fingerprint density at radius 2 is 1.96 bits per heavy atom. The maximum Gasteiger partial charge on any atom is 0.475 e. The van der Waals surface area contributed by atoms with Gasteiger partial charge in [0.05, 0.1) is 33.2 Å². The number of hydrogen-bond acceptors (Lipinski definition) is 6. The van der Waals surface area contributed by atoms with Crippen LogP contribution in [0, 0.1) is 0 Å². The molecule has 1 amide bonds. The van der Waals surface area contributed by atoms with E-state index in [2.05, 4.69) is 5.32 Å². The highest BCUT2D eigenvalue weighted by molar-refractivity contribution is 6.43. The van der Waals surface area contributed by atoms with Crippen LogP contribution in [-0.4, -0.2) is 49.8 Å². The number of benzene rings is 2. The van der Waals surface area contributed by atoms with Crippen molar-refractivity contribution in [1.82, 2.24) is 5.32 Å². The Labute approximate surface area is 164 Å². The van der Waals surface area contributed by atoms with E-state index < -0.39 is 13.1 Å². The summed E-state index contributed by atoms with van der Waals surface area (Å²) in [7, 11) is 1.48. The van der Waals surface area contributed by atoms with Crippen molar-refractivity contribution in [3.63, 3.8) is 0 Å². The molecule has 0 saturated heterocycles. The summed E-state index contributed by atoms with van der Waals surface area (Å²) in [5.74, 6) is 0.862. The molecule has 2 aromatic rings. The third-order valence-electron chi connectivity index (χ3n) is 4.87. The second-order valence-corrected chi connectivity index (χ2v) is 6.73. The number of para-hydroxylation sites is 1. The molecule has 148 valence electrons. The molecule has 3 N–H and O–H groups in total. The van der Waals surface area contributed by atoms with Crippen molar-refractivity contribution >= 4 is 13.0 Å². The summed E-state index contributed by atoms with van der Waals surface area (Å²) in [5, 5.41) is 22.2. The van der Waals surface area contributed by atoms with E-state index in [1.54, 1.807) is 38.5 Å². The van der Waals surface area contributed by atoms with E-state index >= 15 is 0 Å². The molecule has 3 rings (SSSR count). The molecule has 2 atom stereocenters. The molecule has 0 aliphatic carbocycles. The van der Waals surface area contributed by atoms with Gasteiger partial charge in [0.25, 0.3) is 0 Å². The van der Waals surface area contributed by atoms with Gasteiger partial charge in [0, 0.05) is 11.5 Å². The molecule has 0 fully saturated rings. The van der Waals surface area contributed by atoms with Gasteiger partial charge in [-0.2, -0.15) is 0 Å². The Bertz CT molecular complexity index is 811. The predicted molar refractivity (Wildman–Crippen MR) is 105 cm³/mol. The van der Waals surface area contributed by atoms with Gasteiger partial charge in [-0.15, -0.1) is 0 Å². The second-order valence-electron chi connectivity index (χ2n) is 6.73. The van der Waals surface area contributed by atoms with Crippen LogP contribution in [0.15, 0.2) is 42.5 Å². The van der Waals surface area contributed by atoms with E-state index in [0.717, 1.165) is 11.1 Å². The van der Waals surface area contributed by atoms with E-state index in [1.807, 2.05) is 18.2 Å². The summed E-state index contributed by atoms with van der Waals surface area (Å²) < 4.78 is 16.1. The number of nitrogens with one attached hydrogen (secondary N) is 1. The Hall–Kier alpha value is -2.71. The molecule has 1 aliphatic heterocycles. The number of rotatable bonds is 8. The van der Waals surface area contributed by atoms with E-state index in [0.29, 0.717) is 30.3 Å². The lowest BCUT2D eigenvalue weighted by atomic mass is 9.73. The number of amides is 1. The maximum atomic E-state index is 12.4. The van der Waals surface area contributed by atoms with Gasteiger partial charge in [-0.05, 0) is 30.2 Å². The Balaban J connectivity index is 1.64. The van der Waals surface area contributed by atoms with Gasteiger partial charge in [-0.25, -0.2) is 0 Å². The fourth-order valence-electron chi connectivity index (χ4n) is 3.39. The van der Waals surface area contributed by atoms with E-state index in [1.165, 1.54) is 0 Å². The van der Waals surface area contributed by atoms with Crippen LogP contribution in [0.3, 0.4) is 0 Å². The average molecular weight is 385 g/mol. The number of ether oxygens (including phenoxy) is 3. The smallest absolute Gasteiger partial charge is 0.475 e. The standard InChI is InChI=1S/C20H24BNO6/c1-26-15-8-6-13(7-9-15)10-19(23)22-18(21(24)25)11-14-12-28-20-16(14)4-3-5-17(20)27-2/h3-9,14,18,24-25H,10-12H2,1-2H3,(H,22,23). The third-order valence-corrected chi connectivity index (χ3v) is 4.87. The zero-order valence-electron chi connectivity index (χ0n) is 15.9. The Morgan fingerprint density at radius 3 is 2.61 bits per heavy atom. The summed E-state index contributed by atoms with van der Waals surface area (Å²) in [6.07, 6.45) is 0.477. The largest absolute Gasteiger partial charge is 0.497 e. The molecular formula is C20H24BNO6. The lowest BCUT2D eigenvalue weighted by molar-refractivity contribution is -0.120. The molecule has 2 unspecified atom stereocenters. The van der Waals surface area contributed by atoms with Gasteiger partial charge in [0.15, 0.2) is 11.5 Å². The molecule has 0 radical (unpaired) electrons. The Kier molecular flexibility index (Phi) is 6.43. The second kappa shape index (κ2) is 8.99. The van der Waals surface area contributed by atoms with Gasteiger partial charge in [0.1, 0.15) is 5.75 Å². The SMILES string of the molecule is COc1ccc(CC(=O)NC(CC2COc3c(OC)cccc32)B(O)O)cc1. The van der Waals surface area contributed by atoms with Crippen LogP contribution in [0.4, 0.5) is 0 Å². The predicted octanol–water partition coefficient (Wildman–Crippen LogP) is 1.31. The van der Waals surface area contributed by atoms with E-state index in [4.69, 9.17) is 14.2 Å². The van der Waals surface area contributed by atoms with Crippen LogP contribution >= 0.6 is 0 Å². The molecule has 1 heterocycles. The van der Waals surface area contributed by atoms with Crippen molar-refractivity contribution in [3.05, 3.63) is 53.6 Å². The first kappa shape index (κ1) is 20.0. The highest BCUT2D eigenvalue weighted by atomic mass is 16.5. The zero-order valence-corrected chi connectivity index (χ0v) is 15.9. The normalized spacial score (nSPS) is 15.9. The summed E-state index contributed by atoms with van der Waals surface area (Å²) >= 11 is 0. The molecule has 28 heavy (non-hydrogen) atoms. The van der Waals surface area contributed by atoms with Crippen molar-refractivity contribution in [2.45, 2.75) is 24.7 Å². The molecule has 0 saturated carbocycles. The van der Waals surface area contributed by atoms with Crippen LogP contribution in [0.2, 0.25) is 0 Å². The van der Waals surface area contributed by atoms with Crippen molar-refractivity contribution in [2.24, 2.45) is 0 Å². The maximum absolute atomic E-state index is 12.4. The van der Waals surface area contributed by atoms with Crippen molar-refractivity contribution in [2.75, 3.05) is 20.8 Å². The first-order valence-electron chi connectivity index (χ1n) is 9.10. The van der Waals surface area contributed by atoms with Crippen molar-refractivity contribution in [3.8, 4) is 17.2 Å². The summed E-state index contributed by atoms with van der Waals surface area (Å²) in [4.78, 5) is 12.4. The molecule has 1 aliphatic rings. The fourth-order valence-corrected chi connectivity index (χ4v) is 3.39. The van der Waals surface area contributed by atoms with Crippen molar-refractivity contribution < 1.29 is 29.1 Å². The lowest BCUT2D eigenvalue weighted by Gasteiger charge is -2.21. The van der Waals surface area contributed by atoms with Crippen LogP contribution in [0.25, 0.3) is 0 Å². The number of carbonyl (C=O) groups is 1. The number of carbonyl (C=O) groups excluding carboxylic acids is 1. The topological polar surface area (TPSA) is 97.3 Å². The van der Waals surface area contributed by atoms with Crippen LogP contribution < -0.4 is 19.5 Å². The molecule has 0 aromatic heterocycles. The molecule has 2 aromatic carbocycles. The highest BCUT2D eigenvalue weighted by Crippen LogP contribution is 2.42. The summed E-state index contributed by atoms with van der Waals surface area (Å²) in [6, 6.07) is 12.8. The van der Waals surface area contributed by atoms with Gasteiger partial charge in [-0.1, -0.05) is 24.3 Å². The molecule has 0 spiro atoms. The number of hydrogen-bond donors (Lipinski definition) is 3. The van der Waals surface area contributed by atoms with E-state index in [9.17, 15) is 14.8 Å². The van der Waals surface area contributed by atoms with Crippen LogP contribution in [-0.2, 0) is 11.2 Å². The molecular weight excluding hydrogens is 361 g/mol. The first-order valence-corrected chi connectivity index (χ1v) is 9.10. The van der Waals surface area contributed by atoms with Crippen LogP contribution in [0.1, 0.15) is 23.5 Å². The van der Waals surface area contributed by atoms with Gasteiger partial charge < -0.3 is 29.6 Å². The Morgan fingerprint density at radius 1 is 1.21 bits per heavy atom. The molecule has 0 bridgehead atoms. The number of fused-ring (bicyclic) bond motifs is 1.